The van der Waals surface area contributed by atoms with Crippen LogP contribution in [0.25, 0.3) is 43.9 Å². The van der Waals surface area contributed by atoms with Gasteiger partial charge in [0, 0.05) is 113 Å². The highest BCUT2D eigenvalue weighted by atomic mass is 19.2. The van der Waals surface area contributed by atoms with E-state index in [9.17, 15) is 27.2 Å². The second-order valence-electron chi connectivity index (χ2n) is 24.9. The first-order chi connectivity index (χ1) is 50.8. The molecule has 0 bridgehead atoms. The summed E-state index contributed by atoms with van der Waals surface area (Å²) in [5, 5.41) is 2.06. The molecule has 0 aliphatic carbocycles. The van der Waals surface area contributed by atoms with E-state index in [2.05, 4.69) is 88.5 Å². The molecule has 0 spiro atoms. The molecule has 31 heteroatoms. The van der Waals surface area contributed by atoms with Crippen LogP contribution < -0.4 is 26.0 Å². The Labute approximate surface area is 605 Å². The molecule has 2 fully saturated rings. The maximum Gasteiger partial charge on any atom is 0.313 e. The molecule has 4 aromatic heterocycles. The fourth-order valence-corrected chi connectivity index (χ4v) is 11.3. The molecule has 2 aliphatic rings. The molecule has 0 radical (unpaired) electrons. The van der Waals surface area contributed by atoms with Gasteiger partial charge in [0.05, 0.1) is 176 Å². The molecule has 0 atom stereocenters. The molecule has 3 aromatic carbocycles. The number of nitrogen functional groups attached to an aromatic ring is 2. The monoisotopic (exact) mass is 1470 g/mol. The summed E-state index contributed by atoms with van der Waals surface area (Å²) in [5.74, 6) is -6.41. The van der Waals surface area contributed by atoms with E-state index in [-0.39, 0.29) is 38.1 Å². The summed E-state index contributed by atoms with van der Waals surface area (Å²) in [6.07, 6.45) is 6.26. The van der Waals surface area contributed by atoms with Crippen molar-refractivity contribution in [1.82, 2.24) is 39.7 Å². The molecule has 576 valence electrons. The number of anilines is 4. The van der Waals surface area contributed by atoms with Crippen LogP contribution >= 0.6 is 0 Å². The highest BCUT2D eigenvalue weighted by molar-refractivity contribution is 6.08. The number of rotatable bonds is 51. The SMILES string of the molecule is CCCCc1nc2c([nH]1)c(N)nc1ccc(N3CCN(CCOCCOCCOCCOCCOCCOCCC(=O)Oc4c(F)c(F)cc(F)c4F)CC3)cc12.CCCCc1nc2c([nH]1)c(N)nc1ccc(N3CCN(CCOCCOCCOCCOCCOCCOCCC(C)=O)CC3)cc12. The van der Waals surface area contributed by atoms with Crippen LogP contribution in [0.5, 0.6) is 5.75 Å². The molecule has 104 heavy (non-hydrogen) atoms. The van der Waals surface area contributed by atoms with Crippen LogP contribution in [0.15, 0.2) is 42.5 Å². The van der Waals surface area contributed by atoms with Crippen LogP contribution in [0.2, 0.25) is 0 Å². The van der Waals surface area contributed by atoms with Crippen molar-refractivity contribution in [2.75, 3.05) is 245 Å². The molecule has 2 aliphatic heterocycles. The Kier molecular flexibility index (Phi) is 37.1. The minimum Gasteiger partial charge on any atom is -0.420 e. The summed E-state index contributed by atoms with van der Waals surface area (Å²) in [4.78, 5) is 58.0. The number of halogens is 4. The lowest BCUT2D eigenvalue weighted by atomic mass is 10.1. The number of nitrogens with zero attached hydrogens (tertiary/aromatic N) is 8. The van der Waals surface area contributed by atoms with Crippen molar-refractivity contribution < 1.29 is 88.7 Å². The number of nitrogens with two attached hydrogens (primary N) is 2. The first-order valence-corrected chi connectivity index (χ1v) is 36.4. The zero-order valence-electron chi connectivity index (χ0n) is 60.6. The molecule has 9 rings (SSSR count). The van der Waals surface area contributed by atoms with Crippen molar-refractivity contribution in [2.45, 2.75) is 72.1 Å². The number of aromatic amines is 2. The van der Waals surface area contributed by atoms with Gasteiger partial charge in [0.1, 0.15) is 51.1 Å². The number of fused-ring (bicyclic) bond motifs is 6. The number of benzene rings is 3. The number of esters is 1. The van der Waals surface area contributed by atoms with E-state index < -0.39 is 35.0 Å². The van der Waals surface area contributed by atoms with Gasteiger partial charge in [0.2, 0.25) is 17.4 Å². The van der Waals surface area contributed by atoms with Crippen molar-refractivity contribution in [3.8, 4) is 5.75 Å². The smallest absolute Gasteiger partial charge is 0.313 e. The zero-order valence-corrected chi connectivity index (χ0v) is 60.6. The third-order valence-electron chi connectivity index (χ3n) is 17.1. The number of H-pyrrole nitrogens is 2. The summed E-state index contributed by atoms with van der Waals surface area (Å²) < 4.78 is 124. The number of hydrogen-bond acceptors (Lipinski definition) is 25. The summed E-state index contributed by atoms with van der Waals surface area (Å²) >= 11 is 0. The number of ether oxygens (including phenoxy) is 13. The predicted octanol–water partition coefficient (Wildman–Crippen LogP) is 8.05. The number of piperazine rings is 2. The molecule has 0 saturated carbocycles. The van der Waals surface area contributed by atoms with Crippen molar-refractivity contribution in [2.24, 2.45) is 0 Å². The number of ketones is 1. The van der Waals surface area contributed by atoms with E-state index in [4.69, 9.17) is 78.3 Å². The Morgan fingerprint density at radius 2 is 0.760 bits per heavy atom. The average molecular weight is 1470 g/mol. The van der Waals surface area contributed by atoms with Crippen LogP contribution in [0.3, 0.4) is 0 Å². The standard InChI is InChI=1S/C39H52F4N6O8.C34H54N6O7/c1-2-3-4-32-46-36-28-25-27(5-6-31(28)45-39(44)37(36)47-32)49-10-8-48(9-11-49)12-14-52-16-18-54-20-22-56-24-23-55-21-19-53-17-15-51-13-7-33(50)57-38-34(42)29(40)26-30(41)35(38)43;1-3-4-5-31-37-32-29-26-28(6-7-30(29)36-34(35)33(32)38-31)40-11-9-39(10-12-40)13-15-43-17-19-45-21-23-47-25-24-46-22-20-44-18-16-42-14-8-27(2)41/h5-6,25-26H,2-4,7-24H2,1H3,(H2,44,45)(H,46,47);6-7,26H,3-5,8-25H2,1-2H3,(H2,35,36)(H,37,38). The highest BCUT2D eigenvalue weighted by Crippen LogP contribution is 2.33. The van der Waals surface area contributed by atoms with E-state index in [1.165, 1.54) is 5.69 Å². The van der Waals surface area contributed by atoms with Gasteiger partial charge < -0.3 is 92.8 Å². The summed E-state index contributed by atoms with van der Waals surface area (Å²) in [6, 6.07) is 12.8. The van der Waals surface area contributed by atoms with Gasteiger partial charge in [-0.25, -0.2) is 28.7 Å². The fourth-order valence-electron chi connectivity index (χ4n) is 11.3. The van der Waals surface area contributed by atoms with E-state index >= 15 is 0 Å². The van der Waals surface area contributed by atoms with E-state index in [1.807, 2.05) is 6.07 Å². The Morgan fingerprint density at radius 1 is 0.433 bits per heavy atom. The maximum absolute atomic E-state index is 13.6. The van der Waals surface area contributed by atoms with E-state index in [0.717, 1.165) is 165 Å². The number of aromatic nitrogens is 6. The van der Waals surface area contributed by atoms with Gasteiger partial charge >= 0.3 is 5.97 Å². The molecule has 27 nitrogen and oxygen atoms in total. The molecule has 2 saturated heterocycles. The topological polar surface area (TPSA) is 302 Å². The van der Waals surface area contributed by atoms with Crippen molar-refractivity contribution in [3.05, 3.63) is 77.4 Å². The second kappa shape index (κ2) is 46.8. The lowest BCUT2D eigenvalue weighted by molar-refractivity contribution is -0.136. The van der Waals surface area contributed by atoms with Crippen LogP contribution in [0, 0.1) is 23.3 Å². The number of carbonyl (C=O) groups excluding carboxylic acids is 2. The molecular weight excluding hydrogens is 1360 g/mol. The van der Waals surface area contributed by atoms with E-state index in [0.29, 0.717) is 157 Å². The zero-order chi connectivity index (χ0) is 73.5. The number of Topliss-reactive ketones (excluding diaryl/α,β-unsaturated/α-hetero) is 1. The Hall–Kier alpha value is -7.08. The molecule has 0 unspecified atom stereocenters. The van der Waals surface area contributed by atoms with Crippen molar-refractivity contribution in [1.29, 1.82) is 0 Å². The van der Waals surface area contributed by atoms with Crippen molar-refractivity contribution in [3.63, 3.8) is 0 Å². The number of pyridine rings is 2. The third kappa shape index (κ3) is 28.0. The molecule has 0 amide bonds. The maximum atomic E-state index is 13.6. The van der Waals surface area contributed by atoms with Crippen LogP contribution in [0.1, 0.15) is 70.9 Å². The van der Waals surface area contributed by atoms with Crippen LogP contribution in [0.4, 0.5) is 40.6 Å². The van der Waals surface area contributed by atoms with Crippen LogP contribution in [-0.2, 0) is 79.3 Å². The van der Waals surface area contributed by atoms with Crippen molar-refractivity contribution >= 4 is 78.6 Å². The number of unbranched alkanes of at least 4 members (excludes halogenated alkanes) is 2. The van der Waals surface area contributed by atoms with Gasteiger partial charge in [-0.3, -0.25) is 19.4 Å². The van der Waals surface area contributed by atoms with E-state index in [1.54, 1.807) is 6.92 Å². The normalized spacial score (nSPS) is 13.9. The first-order valence-electron chi connectivity index (χ1n) is 36.4. The van der Waals surface area contributed by atoms with Gasteiger partial charge in [0.25, 0.3) is 0 Å². The molecule has 6 N–H and O–H groups in total. The van der Waals surface area contributed by atoms with Gasteiger partial charge in [-0.1, -0.05) is 26.7 Å². The van der Waals surface area contributed by atoms with Gasteiger partial charge in [-0.15, -0.1) is 0 Å². The lowest BCUT2D eigenvalue weighted by Crippen LogP contribution is -2.47. The second-order valence-corrected chi connectivity index (χ2v) is 24.9. The highest BCUT2D eigenvalue weighted by Gasteiger charge is 2.25. The quantitative estimate of drug-likeness (QED) is 0.00921. The first kappa shape index (κ1) is 82.6. The summed E-state index contributed by atoms with van der Waals surface area (Å²) in [6.45, 7) is 25.8. The average Bonchev–Trinajstić information content (AvgIpc) is 1.62. The fraction of sp³-hybridized carbons (Fsp3) is 0.616. The largest absolute Gasteiger partial charge is 0.420 e. The van der Waals surface area contributed by atoms with Gasteiger partial charge in [0.15, 0.2) is 11.6 Å². The number of imidazole rings is 2. The Morgan fingerprint density at radius 3 is 1.10 bits per heavy atom. The summed E-state index contributed by atoms with van der Waals surface area (Å²) in [5.41, 5.74) is 20.1. The molecule has 6 heterocycles. The Balaban J connectivity index is 0.000000268. The third-order valence-corrected chi connectivity index (χ3v) is 17.1. The number of nitrogens with one attached hydrogen (secondary N) is 2. The lowest BCUT2D eigenvalue weighted by Gasteiger charge is -2.36. The Bertz CT molecular complexity index is 3630. The van der Waals surface area contributed by atoms with Gasteiger partial charge in [-0.05, 0) is 56.2 Å². The van der Waals surface area contributed by atoms with Crippen LogP contribution in [-0.4, -0.2) is 275 Å². The van der Waals surface area contributed by atoms with Gasteiger partial charge in [-0.2, -0.15) is 8.78 Å². The molecule has 7 aromatic rings. The number of carbonyl (C=O) groups is 2. The minimum absolute atomic E-state index is 0.0238. The predicted molar refractivity (Wildman–Crippen MR) is 388 cm³/mol. The molecular formula is C73H106F4N12O15. The summed E-state index contributed by atoms with van der Waals surface area (Å²) in [7, 11) is 0. The minimum atomic E-state index is -1.79. The number of hydrogen-bond donors (Lipinski definition) is 4. The number of aryl methyl sites for hydroxylation is 2.